The van der Waals surface area contributed by atoms with Gasteiger partial charge in [0.05, 0.1) is 6.61 Å². The predicted octanol–water partition coefficient (Wildman–Crippen LogP) is 1.66. The molecule has 0 spiro atoms. The number of hydrogen-bond acceptors (Lipinski definition) is 3. The summed E-state index contributed by atoms with van der Waals surface area (Å²) in [7, 11) is 0. The van der Waals surface area contributed by atoms with Crippen molar-refractivity contribution in [2.45, 2.75) is 20.0 Å². The van der Waals surface area contributed by atoms with Crippen molar-refractivity contribution < 1.29 is 18.8 Å². The molecule has 5 heteroatoms. The van der Waals surface area contributed by atoms with E-state index in [1.165, 1.54) is 18.2 Å². The monoisotopic (exact) mass is 227 g/mol. The van der Waals surface area contributed by atoms with Crippen molar-refractivity contribution in [1.29, 1.82) is 0 Å². The van der Waals surface area contributed by atoms with Crippen LogP contribution in [0.25, 0.3) is 0 Å². The van der Waals surface area contributed by atoms with Gasteiger partial charge in [0.1, 0.15) is 11.6 Å². The Morgan fingerprint density at radius 3 is 2.94 bits per heavy atom. The maximum Gasteiger partial charge on any atom is 0.284 e. The molecule has 1 aromatic rings. The van der Waals surface area contributed by atoms with Crippen molar-refractivity contribution in [2.24, 2.45) is 0 Å². The minimum Gasteiger partial charge on any atom is -0.481 e. The molecule has 1 rings (SSSR count). The summed E-state index contributed by atoms with van der Waals surface area (Å²) >= 11 is 0. The van der Waals surface area contributed by atoms with E-state index in [4.69, 9.17) is 9.57 Å². The van der Waals surface area contributed by atoms with Crippen molar-refractivity contribution in [3.8, 4) is 5.75 Å². The maximum absolute atomic E-state index is 12.8. The molecule has 4 nitrogen and oxygen atoms in total. The lowest BCUT2D eigenvalue weighted by Crippen LogP contribution is -2.36. The second-order valence-electron chi connectivity index (χ2n) is 3.12. The van der Waals surface area contributed by atoms with Gasteiger partial charge in [-0.25, -0.2) is 9.87 Å². The van der Waals surface area contributed by atoms with E-state index in [1.807, 2.05) is 0 Å². The lowest BCUT2D eigenvalue weighted by Gasteiger charge is -2.13. The molecule has 0 saturated carbocycles. The molecule has 0 bridgehead atoms. The summed E-state index contributed by atoms with van der Waals surface area (Å²) < 4.78 is 18.0. The molecule has 1 amide bonds. The van der Waals surface area contributed by atoms with Gasteiger partial charge in [0.15, 0.2) is 6.10 Å². The van der Waals surface area contributed by atoms with Gasteiger partial charge >= 0.3 is 0 Å². The van der Waals surface area contributed by atoms with Gasteiger partial charge in [-0.1, -0.05) is 6.07 Å². The molecular formula is C11H14FNO3. The van der Waals surface area contributed by atoms with Crippen LogP contribution in [0.5, 0.6) is 5.75 Å². The fourth-order valence-electron chi connectivity index (χ4n) is 1.02. The predicted molar refractivity (Wildman–Crippen MR) is 56.3 cm³/mol. The van der Waals surface area contributed by atoms with E-state index >= 15 is 0 Å². The molecule has 1 unspecified atom stereocenters. The van der Waals surface area contributed by atoms with Gasteiger partial charge in [-0.15, -0.1) is 0 Å². The Morgan fingerprint density at radius 2 is 2.31 bits per heavy atom. The van der Waals surface area contributed by atoms with E-state index in [1.54, 1.807) is 19.9 Å². The molecule has 1 aromatic carbocycles. The number of carbonyl (C=O) groups is 1. The summed E-state index contributed by atoms with van der Waals surface area (Å²) in [6.45, 7) is 3.68. The largest absolute Gasteiger partial charge is 0.481 e. The van der Waals surface area contributed by atoms with Gasteiger partial charge < -0.3 is 4.74 Å². The first kappa shape index (κ1) is 12.4. The van der Waals surface area contributed by atoms with E-state index < -0.39 is 17.8 Å². The average Bonchev–Trinajstić information content (AvgIpc) is 2.25. The average molecular weight is 227 g/mol. The molecule has 0 aliphatic rings. The number of benzene rings is 1. The van der Waals surface area contributed by atoms with Crippen LogP contribution in [0.15, 0.2) is 24.3 Å². The highest BCUT2D eigenvalue weighted by Gasteiger charge is 2.14. The molecule has 0 aliphatic carbocycles. The van der Waals surface area contributed by atoms with E-state index in [9.17, 15) is 9.18 Å². The Labute approximate surface area is 93.3 Å². The van der Waals surface area contributed by atoms with Crippen LogP contribution in [0.3, 0.4) is 0 Å². The number of amides is 1. The van der Waals surface area contributed by atoms with Gasteiger partial charge in [-0.2, -0.15) is 0 Å². The zero-order chi connectivity index (χ0) is 12.0. The van der Waals surface area contributed by atoms with Crippen LogP contribution in [0, 0.1) is 5.82 Å². The normalized spacial score (nSPS) is 11.9. The van der Waals surface area contributed by atoms with Crippen LogP contribution in [0.2, 0.25) is 0 Å². The highest BCUT2D eigenvalue weighted by atomic mass is 19.1. The van der Waals surface area contributed by atoms with Crippen molar-refractivity contribution in [2.75, 3.05) is 6.61 Å². The molecule has 0 aliphatic heterocycles. The number of hydrogen-bond donors (Lipinski definition) is 1. The first-order valence-corrected chi connectivity index (χ1v) is 4.97. The Bertz CT molecular complexity index is 357. The Morgan fingerprint density at radius 1 is 1.56 bits per heavy atom. The molecule has 1 atom stereocenters. The fourth-order valence-corrected chi connectivity index (χ4v) is 1.02. The number of nitrogens with one attached hydrogen (secondary N) is 1. The summed E-state index contributed by atoms with van der Waals surface area (Å²) in [5, 5.41) is 0. The van der Waals surface area contributed by atoms with Crippen LogP contribution in [-0.4, -0.2) is 18.6 Å². The minimum absolute atomic E-state index is 0.305. The molecule has 0 saturated heterocycles. The van der Waals surface area contributed by atoms with Crippen LogP contribution < -0.4 is 10.2 Å². The minimum atomic E-state index is -0.742. The maximum atomic E-state index is 12.8. The second-order valence-corrected chi connectivity index (χ2v) is 3.12. The third-order valence-corrected chi connectivity index (χ3v) is 1.80. The van der Waals surface area contributed by atoms with Crippen molar-refractivity contribution in [3.05, 3.63) is 30.1 Å². The first-order valence-electron chi connectivity index (χ1n) is 4.97. The van der Waals surface area contributed by atoms with E-state index in [-0.39, 0.29) is 0 Å². The standard InChI is InChI=1S/C11H14FNO3/c1-3-15-13-11(14)8(2)16-10-6-4-5-9(12)7-10/h4-8H,3H2,1-2H3,(H,13,14). The lowest BCUT2D eigenvalue weighted by molar-refractivity contribution is -0.139. The Hall–Kier alpha value is -1.62. The molecule has 0 fully saturated rings. The SMILES string of the molecule is CCONC(=O)C(C)Oc1cccc(F)c1. The summed E-state index contributed by atoms with van der Waals surface area (Å²) in [6.07, 6.45) is -0.742. The quantitative estimate of drug-likeness (QED) is 0.778. The van der Waals surface area contributed by atoms with Crippen molar-refractivity contribution >= 4 is 5.91 Å². The van der Waals surface area contributed by atoms with Crippen LogP contribution in [-0.2, 0) is 9.63 Å². The molecule has 0 heterocycles. The molecule has 1 N–H and O–H groups in total. The summed E-state index contributed by atoms with van der Waals surface area (Å²) in [5.74, 6) is -0.514. The summed E-state index contributed by atoms with van der Waals surface area (Å²) in [4.78, 5) is 16.1. The number of ether oxygens (including phenoxy) is 1. The smallest absolute Gasteiger partial charge is 0.284 e. The number of halogens is 1. The second kappa shape index (κ2) is 6.07. The van der Waals surface area contributed by atoms with Gasteiger partial charge in [0, 0.05) is 6.07 Å². The van der Waals surface area contributed by atoms with Crippen LogP contribution >= 0.6 is 0 Å². The Kier molecular flexibility index (Phi) is 4.72. The van der Waals surface area contributed by atoms with E-state index in [0.29, 0.717) is 12.4 Å². The first-order chi connectivity index (χ1) is 7.63. The van der Waals surface area contributed by atoms with E-state index in [0.717, 1.165) is 0 Å². The van der Waals surface area contributed by atoms with Crippen molar-refractivity contribution in [1.82, 2.24) is 5.48 Å². The number of rotatable bonds is 5. The zero-order valence-corrected chi connectivity index (χ0v) is 9.20. The van der Waals surface area contributed by atoms with Crippen LogP contribution in [0.4, 0.5) is 4.39 Å². The summed E-state index contributed by atoms with van der Waals surface area (Å²) in [6, 6.07) is 5.60. The highest BCUT2D eigenvalue weighted by Crippen LogP contribution is 2.13. The van der Waals surface area contributed by atoms with E-state index in [2.05, 4.69) is 5.48 Å². The molecule has 0 aromatic heterocycles. The van der Waals surface area contributed by atoms with Crippen LogP contribution in [0.1, 0.15) is 13.8 Å². The van der Waals surface area contributed by atoms with Gasteiger partial charge in [0.25, 0.3) is 5.91 Å². The van der Waals surface area contributed by atoms with Gasteiger partial charge in [-0.3, -0.25) is 9.63 Å². The Balaban J connectivity index is 2.50. The van der Waals surface area contributed by atoms with Gasteiger partial charge in [0.2, 0.25) is 0 Å². The third-order valence-electron chi connectivity index (χ3n) is 1.80. The third kappa shape index (κ3) is 3.86. The number of hydroxylamine groups is 1. The van der Waals surface area contributed by atoms with Crippen molar-refractivity contribution in [3.63, 3.8) is 0 Å². The topological polar surface area (TPSA) is 47.6 Å². The molecule has 88 valence electrons. The molecular weight excluding hydrogens is 213 g/mol. The zero-order valence-electron chi connectivity index (χ0n) is 9.20. The van der Waals surface area contributed by atoms with Gasteiger partial charge in [-0.05, 0) is 26.0 Å². The fraction of sp³-hybridized carbons (Fsp3) is 0.364. The summed E-state index contributed by atoms with van der Waals surface area (Å²) in [5.41, 5.74) is 2.21. The number of carbonyl (C=O) groups excluding carboxylic acids is 1. The highest BCUT2D eigenvalue weighted by molar-refractivity contribution is 5.79. The lowest BCUT2D eigenvalue weighted by atomic mass is 10.3. The molecule has 16 heavy (non-hydrogen) atoms. The molecule has 0 radical (unpaired) electrons.